The second kappa shape index (κ2) is 11.3. The van der Waals surface area contributed by atoms with Gasteiger partial charge < -0.3 is 15.4 Å². The van der Waals surface area contributed by atoms with Gasteiger partial charge >= 0.3 is 6.03 Å². The van der Waals surface area contributed by atoms with Crippen LogP contribution in [0.3, 0.4) is 0 Å². The molecule has 1 saturated heterocycles. The lowest BCUT2D eigenvalue weighted by Crippen LogP contribution is -2.24. The molecule has 1 aromatic heterocycles. The molecule has 0 radical (unpaired) electrons. The molecule has 1 aliphatic heterocycles. The van der Waals surface area contributed by atoms with E-state index < -0.39 is 6.03 Å². The van der Waals surface area contributed by atoms with Gasteiger partial charge in [0.05, 0.1) is 18.0 Å². The zero-order valence-corrected chi connectivity index (χ0v) is 19.5. The van der Waals surface area contributed by atoms with Crippen LogP contribution < -0.4 is 11.1 Å². The molecule has 2 amide bonds. The Morgan fingerprint density at radius 1 is 1.18 bits per heavy atom. The van der Waals surface area contributed by atoms with Crippen LogP contribution in [0, 0.1) is 5.82 Å². The number of fused-ring (bicyclic) bond motifs is 1. The lowest BCUT2D eigenvalue weighted by atomic mass is 9.99. The summed E-state index contributed by atoms with van der Waals surface area (Å²) in [6.07, 6.45) is 4.06. The minimum absolute atomic E-state index is 0.312. The molecule has 0 bridgehead atoms. The SMILES string of the molecule is COCCN1CCC(c2ccccc2)C1.NC(=O)Nc1c2c(nn1-c1ccc(F)cc1)CCC2. The van der Waals surface area contributed by atoms with Crippen molar-refractivity contribution in [2.24, 2.45) is 5.73 Å². The van der Waals surface area contributed by atoms with Crippen molar-refractivity contribution in [2.75, 3.05) is 38.7 Å². The molecule has 0 saturated carbocycles. The Kier molecular flexibility index (Phi) is 7.92. The molecule has 1 fully saturated rings. The van der Waals surface area contributed by atoms with Crippen molar-refractivity contribution < 1.29 is 13.9 Å². The number of primary amides is 1. The molecule has 34 heavy (non-hydrogen) atoms. The number of nitrogens with two attached hydrogens (primary N) is 1. The van der Waals surface area contributed by atoms with Crippen LogP contribution in [-0.2, 0) is 17.6 Å². The number of likely N-dealkylation sites (tertiary alicyclic amines) is 1. The maximum atomic E-state index is 13.0. The topological polar surface area (TPSA) is 85.4 Å². The molecule has 3 aromatic rings. The van der Waals surface area contributed by atoms with Crippen LogP contribution in [0.1, 0.15) is 35.6 Å². The lowest BCUT2D eigenvalue weighted by molar-refractivity contribution is 0.160. The third-order valence-electron chi connectivity index (χ3n) is 6.37. The molecule has 3 N–H and O–H groups in total. The second-order valence-corrected chi connectivity index (χ2v) is 8.69. The second-order valence-electron chi connectivity index (χ2n) is 8.69. The molecule has 180 valence electrons. The summed E-state index contributed by atoms with van der Waals surface area (Å²) in [5.74, 6) is 1.00. The number of carbonyl (C=O) groups excluding carboxylic acids is 1. The van der Waals surface area contributed by atoms with Gasteiger partial charge in [0.2, 0.25) is 0 Å². The Bertz CT molecular complexity index is 1080. The first-order valence-corrected chi connectivity index (χ1v) is 11.7. The number of ether oxygens (including phenoxy) is 1. The van der Waals surface area contributed by atoms with Crippen molar-refractivity contribution in [3.05, 3.63) is 77.2 Å². The Morgan fingerprint density at radius 3 is 2.65 bits per heavy atom. The number of hydrogen-bond acceptors (Lipinski definition) is 4. The summed E-state index contributed by atoms with van der Waals surface area (Å²) >= 11 is 0. The number of carbonyl (C=O) groups is 1. The number of hydrogen-bond donors (Lipinski definition) is 2. The van der Waals surface area contributed by atoms with Crippen LogP contribution >= 0.6 is 0 Å². The predicted molar refractivity (Wildman–Crippen MR) is 131 cm³/mol. The molecule has 7 nitrogen and oxygen atoms in total. The number of nitrogens with zero attached hydrogens (tertiary/aromatic N) is 3. The third-order valence-corrected chi connectivity index (χ3v) is 6.37. The molecule has 1 aliphatic carbocycles. The molecule has 1 unspecified atom stereocenters. The maximum Gasteiger partial charge on any atom is 0.317 e. The minimum atomic E-state index is -0.627. The summed E-state index contributed by atoms with van der Waals surface area (Å²) in [5, 5.41) is 7.08. The molecule has 0 spiro atoms. The highest BCUT2D eigenvalue weighted by Gasteiger charge is 2.24. The van der Waals surface area contributed by atoms with Crippen LogP contribution in [0.15, 0.2) is 54.6 Å². The summed E-state index contributed by atoms with van der Waals surface area (Å²) in [6.45, 7) is 4.32. The molecule has 5 rings (SSSR count). The Morgan fingerprint density at radius 2 is 1.94 bits per heavy atom. The van der Waals surface area contributed by atoms with E-state index in [4.69, 9.17) is 10.5 Å². The first-order valence-electron chi connectivity index (χ1n) is 11.7. The van der Waals surface area contributed by atoms with Crippen molar-refractivity contribution in [1.82, 2.24) is 14.7 Å². The van der Waals surface area contributed by atoms with Gasteiger partial charge in [-0.3, -0.25) is 5.32 Å². The van der Waals surface area contributed by atoms with Crippen molar-refractivity contribution in [1.29, 1.82) is 0 Å². The number of methoxy groups -OCH3 is 1. The van der Waals surface area contributed by atoms with Crippen LogP contribution in [0.5, 0.6) is 0 Å². The Hall–Kier alpha value is -3.23. The highest BCUT2D eigenvalue weighted by Crippen LogP contribution is 2.31. The van der Waals surface area contributed by atoms with Crippen molar-refractivity contribution >= 4 is 11.8 Å². The van der Waals surface area contributed by atoms with E-state index in [0.29, 0.717) is 11.5 Å². The van der Waals surface area contributed by atoms with Crippen LogP contribution in [-0.4, -0.2) is 54.1 Å². The van der Waals surface area contributed by atoms with Gasteiger partial charge in [-0.15, -0.1) is 0 Å². The van der Waals surface area contributed by atoms with Gasteiger partial charge in [-0.1, -0.05) is 30.3 Å². The average Bonchev–Trinajstić information content (AvgIpc) is 3.57. The van der Waals surface area contributed by atoms with Gasteiger partial charge in [0.25, 0.3) is 0 Å². The van der Waals surface area contributed by atoms with E-state index in [1.165, 1.54) is 37.2 Å². The number of amides is 2. The standard InChI is InChI=1S/C13H13FN4O.C13H19NO/c14-8-4-6-9(7-5-8)18-12(16-13(15)19)10-2-1-3-11(10)17-18;1-15-10-9-14-8-7-13(11-14)12-5-3-2-4-6-12/h4-7H,1-3H2,(H3,15,16,19);2-6,13H,7-11H2,1H3. The number of halogens is 1. The number of anilines is 1. The van der Waals surface area contributed by atoms with E-state index in [0.717, 1.165) is 49.6 Å². The zero-order chi connectivity index (χ0) is 23.9. The first kappa shape index (κ1) is 23.9. The van der Waals surface area contributed by atoms with Crippen molar-refractivity contribution in [2.45, 2.75) is 31.6 Å². The summed E-state index contributed by atoms with van der Waals surface area (Å²) in [6, 6.07) is 16.1. The molecule has 2 aliphatic rings. The molecule has 2 heterocycles. The molecule has 2 aromatic carbocycles. The Labute approximate surface area is 199 Å². The van der Waals surface area contributed by atoms with Gasteiger partial charge in [0.15, 0.2) is 0 Å². The third kappa shape index (κ3) is 5.81. The fourth-order valence-electron chi connectivity index (χ4n) is 4.66. The van der Waals surface area contributed by atoms with E-state index in [1.807, 2.05) is 0 Å². The summed E-state index contributed by atoms with van der Waals surface area (Å²) in [4.78, 5) is 13.6. The highest BCUT2D eigenvalue weighted by atomic mass is 19.1. The predicted octanol–water partition coefficient (Wildman–Crippen LogP) is 4.11. The molecular weight excluding hydrogens is 433 g/mol. The van der Waals surface area contributed by atoms with Crippen LogP contribution in [0.25, 0.3) is 5.69 Å². The van der Waals surface area contributed by atoms with E-state index in [2.05, 4.69) is 45.6 Å². The monoisotopic (exact) mass is 465 g/mol. The summed E-state index contributed by atoms with van der Waals surface area (Å²) in [7, 11) is 1.77. The quantitative estimate of drug-likeness (QED) is 0.574. The minimum Gasteiger partial charge on any atom is -0.383 e. The number of urea groups is 1. The Balaban J connectivity index is 0.000000166. The lowest BCUT2D eigenvalue weighted by Gasteiger charge is -2.15. The molecule has 1 atom stereocenters. The van der Waals surface area contributed by atoms with Gasteiger partial charge in [-0.05, 0) is 68.0 Å². The molecule has 8 heteroatoms. The fraction of sp³-hybridized carbons (Fsp3) is 0.385. The van der Waals surface area contributed by atoms with E-state index in [1.54, 1.807) is 23.9 Å². The average molecular weight is 466 g/mol. The largest absolute Gasteiger partial charge is 0.383 e. The number of nitrogens with one attached hydrogen (secondary N) is 1. The number of rotatable bonds is 6. The van der Waals surface area contributed by atoms with Crippen LogP contribution in [0.4, 0.5) is 15.0 Å². The normalized spacial score (nSPS) is 17.2. The van der Waals surface area contributed by atoms with E-state index in [9.17, 15) is 9.18 Å². The smallest absolute Gasteiger partial charge is 0.317 e. The van der Waals surface area contributed by atoms with Gasteiger partial charge in [-0.2, -0.15) is 5.10 Å². The van der Waals surface area contributed by atoms with Gasteiger partial charge in [-0.25, -0.2) is 13.9 Å². The molecular formula is C26H32FN5O2. The van der Waals surface area contributed by atoms with E-state index >= 15 is 0 Å². The van der Waals surface area contributed by atoms with Crippen molar-refractivity contribution in [3.63, 3.8) is 0 Å². The highest BCUT2D eigenvalue weighted by molar-refractivity contribution is 5.88. The maximum absolute atomic E-state index is 13.0. The summed E-state index contributed by atoms with van der Waals surface area (Å²) in [5.41, 5.74) is 9.36. The first-order chi connectivity index (χ1) is 16.5. The number of aryl methyl sites for hydroxylation is 1. The van der Waals surface area contributed by atoms with Crippen molar-refractivity contribution in [3.8, 4) is 5.69 Å². The fourth-order valence-corrected chi connectivity index (χ4v) is 4.66. The number of benzene rings is 2. The number of aromatic nitrogens is 2. The zero-order valence-electron chi connectivity index (χ0n) is 19.5. The summed E-state index contributed by atoms with van der Waals surface area (Å²) < 4.78 is 19.7. The van der Waals surface area contributed by atoms with Crippen LogP contribution in [0.2, 0.25) is 0 Å². The van der Waals surface area contributed by atoms with E-state index in [-0.39, 0.29) is 5.82 Å². The van der Waals surface area contributed by atoms with Gasteiger partial charge in [0, 0.05) is 25.8 Å². The van der Waals surface area contributed by atoms with Gasteiger partial charge in [0.1, 0.15) is 11.6 Å².